The molecule has 0 bridgehead atoms. The van der Waals surface area contributed by atoms with Gasteiger partial charge in [0.1, 0.15) is 0 Å². The van der Waals surface area contributed by atoms with Crippen molar-refractivity contribution in [2.45, 2.75) is 18.6 Å². The first-order chi connectivity index (χ1) is 8.00. The third-order valence-corrected chi connectivity index (χ3v) is 3.94. The van der Waals surface area contributed by atoms with Crippen LogP contribution >= 0.6 is 0 Å². The second-order valence-corrected chi connectivity index (χ2v) is 5.78. The molecule has 0 aliphatic heterocycles. The third kappa shape index (κ3) is 4.56. The summed E-state index contributed by atoms with van der Waals surface area (Å²) < 4.78 is 11.1. The number of anilines is 1. The average molecular weight is 254 g/mol. The van der Waals surface area contributed by atoms with E-state index >= 15 is 0 Å². The quantitative estimate of drug-likeness (QED) is 0.774. The number of rotatable bonds is 5. The van der Waals surface area contributed by atoms with E-state index in [0.29, 0.717) is 24.2 Å². The van der Waals surface area contributed by atoms with Crippen molar-refractivity contribution in [2.75, 3.05) is 18.5 Å². The van der Waals surface area contributed by atoms with Gasteiger partial charge in [-0.3, -0.25) is 9.00 Å². The van der Waals surface area contributed by atoms with Gasteiger partial charge in [0, 0.05) is 40.1 Å². The van der Waals surface area contributed by atoms with E-state index in [1.54, 1.807) is 30.5 Å². The van der Waals surface area contributed by atoms with Crippen molar-refractivity contribution in [3.63, 3.8) is 0 Å². The first-order valence-corrected chi connectivity index (χ1v) is 7.09. The van der Waals surface area contributed by atoms with E-state index in [2.05, 4.69) is 5.32 Å². The molecule has 0 heterocycles. The molecular weight excluding hydrogens is 236 g/mol. The van der Waals surface area contributed by atoms with E-state index in [-0.39, 0.29) is 11.2 Å². The molecule has 0 aliphatic carbocycles. The van der Waals surface area contributed by atoms with Crippen LogP contribution in [-0.2, 0) is 10.8 Å². The van der Waals surface area contributed by atoms with Crippen LogP contribution in [0.25, 0.3) is 0 Å². The molecule has 0 saturated carbocycles. The predicted molar refractivity (Wildman–Crippen MR) is 71.3 cm³/mol. The Morgan fingerprint density at radius 2 is 2.00 bits per heavy atom. The van der Waals surface area contributed by atoms with Gasteiger partial charge in [0.2, 0.25) is 0 Å². The normalized spacial score (nSPS) is 14.0. The highest BCUT2D eigenvalue weighted by Gasteiger charge is 2.08. The van der Waals surface area contributed by atoms with Crippen LogP contribution < -0.4 is 11.1 Å². The van der Waals surface area contributed by atoms with Gasteiger partial charge in [-0.05, 0) is 30.7 Å². The summed E-state index contributed by atoms with van der Waals surface area (Å²) in [5.74, 6) is -0.126. The highest BCUT2D eigenvalue weighted by atomic mass is 32.2. The molecule has 0 spiro atoms. The molecule has 0 saturated heterocycles. The molecule has 94 valence electrons. The molecule has 1 amide bonds. The number of amides is 1. The minimum atomic E-state index is -0.840. The van der Waals surface area contributed by atoms with E-state index in [0.717, 1.165) is 0 Å². The van der Waals surface area contributed by atoms with Crippen molar-refractivity contribution < 1.29 is 9.00 Å². The number of hydrogen-bond acceptors (Lipinski definition) is 3. The van der Waals surface area contributed by atoms with Gasteiger partial charge in [0.05, 0.1) is 0 Å². The monoisotopic (exact) mass is 254 g/mol. The van der Waals surface area contributed by atoms with Gasteiger partial charge in [0.25, 0.3) is 5.91 Å². The number of nitrogens with one attached hydrogen (secondary N) is 1. The Balaban J connectivity index is 2.40. The summed E-state index contributed by atoms with van der Waals surface area (Å²) in [5, 5.41) is 2.89. The van der Waals surface area contributed by atoms with Gasteiger partial charge in [-0.1, -0.05) is 6.92 Å². The highest BCUT2D eigenvalue weighted by molar-refractivity contribution is 7.84. The molecule has 2 unspecified atom stereocenters. The molecule has 1 aromatic carbocycles. The Hall–Kier alpha value is -1.36. The Bertz CT molecular complexity index is 403. The smallest absolute Gasteiger partial charge is 0.251 e. The Morgan fingerprint density at radius 3 is 2.53 bits per heavy atom. The lowest BCUT2D eigenvalue weighted by Gasteiger charge is -2.09. The van der Waals surface area contributed by atoms with E-state index < -0.39 is 10.8 Å². The van der Waals surface area contributed by atoms with Crippen molar-refractivity contribution in [3.05, 3.63) is 29.8 Å². The average Bonchev–Trinajstić information content (AvgIpc) is 2.29. The summed E-state index contributed by atoms with van der Waals surface area (Å²) in [6.07, 6.45) is 2.39. The lowest BCUT2D eigenvalue weighted by atomic mass is 10.2. The van der Waals surface area contributed by atoms with Gasteiger partial charge >= 0.3 is 0 Å². The van der Waals surface area contributed by atoms with Crippen LogP contribution in [0.1, 0.15) is 23.7 Å². The molecule has 0 fully saturated rings. The third-order valence-electron chi connectivity index (χ3n) is 2.58. The van der Waals surface area contributed by atoms with Crippen LogP contribution in [0.15, 0.2) is 24.3 Å². The fourth-order valence-corrected chi connectivity index (χ4v) is 1.74. The highest BCUT2D eigenvalue weighted by Crippen LogP contribution is 2.05. The van der Waals surface area contributed by atoms with Gasteiger partial charge in [-0.15, -0.1) is 0 Å². The maximum atomic E-state index is 11.7. The van der Waals surface area contributed by atoms with Crippen molar-refractivity contribution in [1.82, 2.24) is 5.32 Å². The lowest BCUT2D eigenvalue weighted by Crippen LogP contribution is -2.27. The molecule has 1 rings (SSSR count). The van der Waals surface area contributed by atoms with Crippen LogP contribution in [0, 0.1) is 0 Å². The largest absolute Gasteiger partial charge is 0.399 e. The van der Waals surface area contributed by atoms with Crippen LogP contribution in [0.3, 0.4) is 0 Å². The maximum Gasteiger partial charge on any atom is 0.251 e. The van der Waals surface area contributed by atoms with E-state index in [1.165, 1.54) is 0 Å². The summed E-state index contributed by atoms with van der Waals surface area (Å²) in [5.41, 5.74) is 6.76. The van der Waals surface area contributed by atoms with Crippen molar-refractivity contribution in [3.8, 4) is 0 Å². The van der Waals surface area contributed by atoms with Crippen LogP contribution in [0.5, 0.6) is 0 Å². The molecule has 2 atom stereocenters. The first-order valence-electron chi connectivity index (χ1n) is 5.46. The molecule has 1 aromatic rings. The zero-order valence-electron chi connectivity index (χ0n) is 10.1. The van der Waals surface area contributed by atoms with Gasteiger partial charge in [0.15, 0.2) is 0 Å². The van der Waals surface area contributed by atoms with E-state index in [4.69, 9.17) is 5.73 Å². The van der Waals surface area contributed by atoms with Crippen LogP contribution in [-0.4, -0.2) is 28.2 Å². The van der Waals surface area contributed by atoms with Crippen molar-refractivity contribution >= 4 is 22.4 Å². The number of carbonyl (C=O) groups excluding carboxylic acids is 1. The van der Waals surface area contributed by atoms with Gasteiger partial charge < -0.3 is 11.1 Å². The minimum Gasteiger partial charge on any atom is -0.399 e. The Kier molecular flexibility index (Phi) is 5.15. The fourth-order valence-electron chi connectivity index (χ4n) is 1.29. The summed E-state index contributed by atoms with van der Waals surface area (Å²) in [6.45, 7) is 2.44. The molecule has 0 aliphatic rings. The van der Waals surface area contributed by atoms with E-state index in [1.807, 2.05) is 6.92 Å². The molecule has 17 heavy (non-hydrogen) atoms. The zero-order valence-corrected chi connectivity index (χ0v) is 10.9. The van der Waals surface area contributed by atoms with Crippen molar-refractivity contribution in [2.24, 2.45) is 0 Å². The number of carbonyl (C=O) groups is 1. The topological polar surface area (TPSA) is 72.2 Å². The SMILES string of the molecule is CC(CCNC(=O)c1ccc(N)cc1)S(C)=O. The second kappa shape index (κ2) is 6.39. The minimum absolute atomic E-state index is 0.0988. The fraction of sp³-hybridized carbons (Fsp3) is 0.417. The Morgan fingerprint density at radius 1 is 1.41 bits per heavy atom. The first kappa shape index (κ1) is 13.7. The lowest BCUT2D eigenvalue weighted by molar-refractivity contribution is 0.0953. The molecular formula is C12H18N2O2S. The molecule has 4 nitrogen and oxygen atoms in total. The zero-order chi connectivity index (χ0) is 12.8. The molecule has 0 radical (unpaired) electrons. The van der Waals surface area contributed by atoms with Crippen LogP contribution in [0.2, 0.25) is 0 Å². The number of hydrogen-bond donors (Lipinski definition) is 2. The summed E-state index contributed by atoms with van der Waals surface area (Å²) in [6, 6.07) is 6.76. The maximum absolute atomic E-state index is 11.7. The summed E-state index contributed by atoms with van der Waals surface area (Å²) >= 11 is 0. The number of nitrogen functional groups attached to an aromatic ring is 1. The number of benzene rings is 1. The van der Waals surface area contributed by atoms with Gasteiger partial charge in [-0.25, -0.2) is 0 Å². The number of nitrogens with two attached hydrogens (primary N) is 1. The van der Waals surface area contributed by atoms with E-state index in [9.17, 15) is 9.00 Å². The standard InChI is InChI=1S/C12H18N2O2S/c1-9(17(2)16)7-8-14-12(15)10-3-5-11(13)6-4-10/h3-6,9H,7-8,13H2,1-2H3,(H,14,15). The summed E-state index contributed by atoms with van der Waals surface area (Å²) in [7, 11) is -0.840. The predicted octanol–water partition coefficient (Wildman–Crippen LogP) is 1.16. The summed E-state index contributed by atoms with van der Waals surface area (Å²) in [4.78, 5) is 11.7. The second-order valence-electron chi connectivity index (χ2n) is 3.98. The van der Waals surface area contributed by atoms with Crippen LogP contribution in [0.4, 0.5) is 5.69 Å². The Labute approximate surface area is 104 Å². The van der Waals surface area contributed by atoms with Crippen molar-refractivity contribution in [1.29, 1.82) is 0 Å². The molecule has 5 heteroatoms. The van der Waals surface area contributed by atoms with Gasteiger partial charge in [-0.2, -0.15) is 0 Å². The molecule has 3 N–H and O–H groups in total. The molecule has 0 aromatic heterocycles.